The number of nitrogens with zero attached hydrogens (tertiary/aromatic N) is 3. The summed E-state index contributed by atoms with van der Waals surface area (Å²) in [6.07, 6.45) is 2.06. The highest BCUT2D eigenvalue weighted by atomic mass is 16.6. The van der Waals surface area contributed by atoms with Crippen molar-refractivity contribution in [3.05, 3.63) is 58.1 Å². The lowest BCUT2D eigenvalue weighted by molar-refractivity contribution is -0.384. The number of amides is 1. The first-order valence-electron chi connectivity index (χ1n) is 9.89. The average molecular weight is 396 g/mol. The van der Waals surface area contributed by atoms with Gasteiger partial charge < -0.3 is 19.9 Å². The molecule has 29 heavy (non-hydrogen) atoms. The van der Waals surface area contributed by atoms with Gasteiger partial charge in [0, 0.05) is 49.2 Å². The summed E-state index contributed by atoms with van der Waals surface area (Å²) in [5.74, 6) is -0.361. The quantitative estimate of drug-likeness (QED) is 0.616. The molecule has 0 aliphatic carbocycles. The van der Waals surface area contributed by atoms with Crippen LogP contribution in [0, 0.1) is 10.1 Å². The lowest BCUT2D eigenvalue weighted by Crippen LogP contribution is -2.36. The van der Waals surface area contributed by atoms with Crippen molar-refractivity contribution in [1.82, 2.24) is 0 Å². The smallest absolute Gasteiger partial charge is 0.293 e. The van der Waals surface area contributed by atoms with Gasteiger partial charge in [-0.3, -0.25) is 14.9 Å². The summed E-state index contributed by atoms with van der Waals surface area (Å²) in [5, 5.41) is 14.4. The third kappa shape index (κ3) is 4.32. The van der Waals surface area contributed by atoms with Gasteiger partial charge in [-0.25, -0.2) is 0 Å². The molecule has 2 aliphatic rings. The third-order valence-corrected chi connectivity index (χ3v) is 5.38. The molecule has 152 valence electrons. The number of carbonyl (C=O) groups excluding carboxylic acids is 1. The molecule has 0 spiro atoms. The van der Waals surface area contributed by atoms with E-state index in [9.17, 15) is 14.9 Å². The molecule has 2 heterocycles. The summed E-state index contributed by atoms with van der Waals surface area (Å²) in [5.41, 5.74) is 2.56. The predicted molar refractivity (Wildman–Crippen MR) is 112 cm³/mol. The largest absolute Gasteiger partial charge is 0.378 e. The number of nitrogens with one attached hydrogen (secondary N) is 1. The Hall–Kier alpha value is -3.13. The fraction of sp³-hybridized carbons (Fsp3) is 0.381. The first-order valence-corrected chi connectivity index (χ1v) is 9.89. The molecule has 0 atom stereocenters. The molecule has 8 nitrogen and oxygen atoms in total. The van der Waals surface area contributed by atoms with E-state index < -0.39 is 4.92 Å². The summed E-state index contributed by atoms with van der Waals surface area (Å²) in [7, 11) is 0. The van der Waals surface area contributed by atoms with Crippen molar-refractivity contribution in [2.75, 3.05) is 54.5 Å². The molecule has 0 bridgehead atoms. The molecule has 8 heteroatoms. The second-order valence-corrected chi connectivity index (χ2v) is 7.26. The van der Waals surface area contributed by atoms with Gasteiger partial charge in [0.25, 0.3) is 11.6 Å². The zero-order valence-corrected chi connectivity index (χ0v) is 16.2. The molecule has 2 aromatic carbocycles. The zero-order chi connectivity index (χ0) is 20.2. The lowest BCUT2D eigenvalue weighted by Gasteiger charge is -2.28. The van der Waals surface area contributed by atoms with Crippen LogP contribution in [0.5, 0.6) is 0 Å². The standard InChI is InChI=1S/C21H24N4O4/c26-21(22-17-4-6-18(7-5-17)23-11-13-29-14-12-23)16-3-8-19(20(15-16)25(27)28)24-9-1-2-10-24/h3-8,15H,1-2,9-14H2,(H,22,26). The molecule has 0 radical (unpaired) electrons. The van der Waals surface area contributed by atoms with Crippen molar-refractivity contribution >= 4 is 28.7 Å². The van der Waals surface area contributed by atoms with E-state index in [-0.39, 0.29) is 17.2 Å². The number of hydrogen-bond donors (Lipinski definition) is 1. The van der Waals surface area contributed by atoms with Crippen molar-refractivity contribution in [2.45, 2.75) is 12.8 Å². The van der Waals surface area contributed by atoms with Crippen LogP contribution in [-0.2, 0) is 4.74 Å². The topological polar surface area (TPSA) is 88.0 Å². The minimum Gasteiger partial charge on any atom is -0.378 e. The summed E-state index contributed by atoms with van der Waals surface area (Å²) >= 11 is 0. The Balaban J connectivity index is 1.47. The van der Waals surface area contributed by atoms with E-state index in [2.05, 4.69) is 10.2 Å². The van der Waals surface area contributed by atoms with Gasteiger partial charge in [0.2, 0.25) is 0 Å². The van der Waals surface area contributed by atoms with Crippen LogP contribution in [0.15, 0.2) is 42.5 Å². The van der Waals surface area contributed by atoms with Gasteiger partial charge in [0.1, 0.15) is 5.69 Å². The Morgan fingerprint density at radius 2 is 1.66 bits per heavy atom. The van der Waals surface area contributed by atoms with Gasteiger partial charge in [-0.2, -0.15) is 0 Å². The maximum Gasteiger partial charge on any atom is 0.293 e. The van der Waals surface area contributed by atoms with Crippen molar-refractivity contribution in [2.24, 2.45) is 0 Å². The highest BCUT2D eigenvalue weighted by Crippen LogP contribution is 2.32. The average Bonchev–Trinajstić information content (AvgIpc) is 3.29. The van der Waals surface area contributed by atoms with Crippen LogP contribution in [0.3, 0.4) is 0 Å². The highest BCUT2D eigenvalue weighted by molar-refractivity contribution is 6.05. The number of rotatable bonds is 5. The number of morpholine rings is 1. The first kappa shape index (κ1) is 19.2. The van der Waals surface area contributed by atoms with E-state index >= 15 is 0 Å². The normalized spacial score (nSPS) is 16.7. The summed E-state index contributed by atoms with van der Waals surface area (Å²) < 4.78 is 5.36. The lowest BCUT2D eigenvalue weighted by atomic mass is 10.1. The molecule has 1 N–H and O–H groups in total. The van der Waals surface area contributed by atoms with Gasteiger partial charge in [-0.15, -0.1) is 0 Å². The molecule has 2 aromatic rings. The number of nitro benzene ring substituents is 1. The fourth-order valence-electron chi connectivity index (χ4n) is 3.82. The van der Waals surface area contributed by atoms with Gasteiger partial charge >= 0.3 is 0 Å². The Labute approximate surface area is 169 Å². The molecule has 2 aliphatic heterocycles. The molecule has 1 amide bonds. The van der Waals surface area contributed by atoms with E-state index in [0.29, 0.717) is 24.6 Å². The number of ether oxygens (including phenoxy) is 1. The Morgan fingerprint density at radius 1 is 0.966 bits per heavy atom. The zero-order valence-electron chi connectivity index (χ0n) is 16.2. The maximum atomic E-state index is 12.6. The van der Waals surface area contributed by atoms with E-state index in [1.807, 2.05) is 29.2 Å². The van der Waals surface area contributed by atoms with Gasteiger partial charge in [-0.1, -0.05) is 0 Å². The van der Waals surface area contributed by atoms with Crippen LogP contribution >= 0.6 is 0 Å². The predicted octanol–water partition coefficient (Wildman–Crippen LogP) is 3.28. The molecule has 2 saturated heterocycles. The molecule has 0 saturated carbocycles. The van der Waals surface area contributed by atoms with Crippen molar-refractivity contribution in [3.63, 3.8) is 0 Å². The third-order valence-electron chi connectivity index (χ3n) is 5.38. The molecule has 4 rings (SSSR count). The maximum absolute atomic E-state index is 12.6. The monoisotopic (exact) mass is 396 g/mol. The second-order valence-electron chi connectivity index (χ2n) is 7.26. The van der Waals surface area contributed by atoms with Crippen LogP contribution in [0.4, 0.5) is 22.7 Å². The first-order chi connectivity index (χ1) is 14.1. The van der Waals surface area contributed by atoms with Gasteiger partial charge in [-0.05, 0) is 49.2 Å². The molecule has 0 aromatic heterocycles. The highest BCUT2D eigenvalue weighted by Gasteiger charge is 2.24. The number of hydrogen-bond acceptors (Lipinski definition) is 6. The Kier molecular flexibility index (Phi) is 5.62. The van der Waals surface area contributed by atoms with E-state index in [4.69, 9.17) is 4.74 Å². The Morgan fingerprint density at radius 3 is 2.31 bits per heavy atom. The second kappa shape index (κ2) is 8.48. The van der Waals surface area contributed by atoms with Crippen molar-refractivity contribution in [1.29, 1.82) is 0 Å². The molecular formula is C21H24N4O4. The SMILES string of the molecule is O=C(Nc1ccc(N2CCOCC2)cc1)c1ccc(N2CCCC2)c([N+](=O)[O-])c1. The van der Waals surface area contributed by atoms with Crippen LogP contribution in [0.1, 0.15) is 23.2 Å². The van der Waals surface area contributed by atoms with E-state index in [1.54, 1.807) is 12.1 Å². The van der Waals surface area contributed by atoms with Crippen LogP contribution in [-0.4, -0.2) is 50.2 Å². The minimum atomic E-state index is -0.415. The van der Waals surface area contributed by atoms with E-state index in [1.165, 1.54) is 6.07 Å². The fourth-order valence-corrected chi connectivity index (χ4v) is 3.82. The van der Waals surface area contributed by atoms with Crippen molar-refractivity contribution in [3.8, 4) is 0 Å². The molecular weight excluding hydrogens is 372 g/mol. The molecule has 2 fully saturated rings. The number of carbonyl (C=O) groups is 1. The van der Waals surface area contributed by atoms with Crippen LogP contribution in [0.25, 0.3) is 0 Å². The van der Waals surface area contributed by atoms with Crippen LogP contribution < -0.4 is 15.1 Å². The number of benzene rings is 2. The summed E-state index contributed by atoms with van der Waals surface area (Å²) in [6.45, 7) is 4.73. The minimum absolute atomic E-state index is 0.0257. The van der Waals surface area contributed by atoms with E-state index in [0.717, 1.165) is 44.7 Å². The summed E-state index contributed by atoms with van der Waals surface area (Å²) in [4.78, 5) is 28.0. The number of nitro groups is 1. The number of anilines is 3. The van der Waals surface area contributed by atoms with Crippen LogP contribution in [0.2, 0.25) is 0 Å². The van der Waals surface area contributed by atoms with Gasteiger partial charge in [0.15, 0.2) is 0 Å². The molecule has 0 unspecified atom stereocenters. The van der Waals surface area contributed by atoms with Crippen molar-refractivity contribution < 1.29 is 14.5 Å². The summed E-state index contributed by atoms with van der Waals surface area (Å²) in [6, 6.07) is 12.3. The Bertz CT molecular complexity index is 888. The van der Waals surface area contributed by atoms with Gasteiger partial charge in [0.05, 0.1) is 18.1 Å².